The van der Waals surface area contributed by atoms with Crippen LogP contribution in [-0.4, -0.2) is 32.2 Å². The van der Waals surface area contributed by atoms with Crippen LogP contribution in [0.3, 0.4) is 0 Å². The summed E-state index contributed by atoms with van der Waals surface area (Å²) in [6, 6.07) is 11.4. The van der Waals surface area contributed by atoms with E-state index in [0.717, 1.165) is 38.2 Å². The molecule has 0 amide bonds. The minimum absolute atomic E-state index is 0.0211. The Kier molecular flexibility index (Phi) is 4.72. The van der Waals surface area contributed by atoms with Gasteiger partial charge < -0.3 is 4.90 Å². The molecule has 0 aliphatic carbocycles. The van der Waals surface area contributed by atoms with E-state index in [4.69, 9.17) is 0 Å². The summed E-state index contributed by atoms with van der Waals surface area (Å²) < 4.78 is 41.3. The lowest BCUT2D eigenvalue weighted by Gasteiger charge is -2.37. The third kappa shape index (κ3) is 3.74. The first-order valence-corrected chi connectivity index (χ1v) is 9.11. The van der Waals surface area contributed by atoms with Gasteiger partial charge in [0.2, 0.25) is 0 Å². The quantitative estimate of drug-likeness (QED) is 0.688. The summed E-state index contributed by atoms with van der Waals surface area (Å²) in [6.07, 6.45) is 1.47. The van der Waals surface area contributed by atoms with E-state index >= 15 is 0 Å². The minimum atomic E-state index is -4.52. The molecule has 0 N–H and O–H groups in total. The van der Waals surface area contributed by atoms with E-state index in [1.165, 1.54) is 16.4 Å². The molecule has 1 fully saturated rings. The van der Waals surface area contributed by atoms with Crippen LogP contribution >= 0.6 is 0 Å². The number of piperidine rings is 1. The van der Waals surface area contributed by atoms with E-state index in [1.807, 2.05) is 23.1 Å². The largest absolute Gasteiger partial charge is 0.433 e. The minimum Gasteiger partial charge on any atom is -0.353 e. The first-order chi connectivity index (χ1) is 13.0. The summed E-state index contributed by atoms with van der Waals surface area (Å²) >= 11 is 0. The molecule has 4 rings (SSSR count). The highest BCUT2D eigenvalue weighted by Gasteiger charge is 2.35. The molecule has 1 aromatic carbocycles. The van der Waals surface area contributed by atoms with Gasteiger partial charge in [0.1, 0.15) is 12.1 Å². The van der Waals surface area contributed by atoms with Crippen molar-refractivity contribution in [3.8, 4) is 0 Å². The van der Waals surface area contributed by atoms with Gasteiger partial charge in [0.05, 0.1) is 0 Å². The molecule has 142 valence electrons. The molecule has 8 heteroatoms. The van der Waals surface area contributed by atoms with Gasteiger partial charge in [0.15, 0.2) is 5.69 Å². The Labute approximate surface area is 154 Å². The van der Waals surface area contributed by atoms with E-state index in [0.29, 0.717) is 12.4 Å². The maximum absolute atomic E-state index is 13.3. The summed E-state index contributed by atoms with van der Waals surface area (Å²) in [7, 11) is 0. The number of halogens is 3. The molecule has 1 unspecified atom stereocenters. The first kappa shape index (κ1) is 17.8. The highest BCUT2D eigenvalue weighted by molar-refractivity contribution is 5.49. The predicted molar refractivity (Wildman–Crippen MR) is 95.5 cm³/mol. The van der Waals surface area contributed by atoms with Crippen LogP contribution < -0.4 is 4.90 Å². The molecule has 0 saturated carbocycles. The zero-order chi connectivity index (χ0) is 18.9. The second-order valence-electron chi connectivity index (χ2n) is 6.84. The number of alkyl halides is 3. The highest BCUT2D eigenvalue weighted by Crippen LogP contribution is 2.33. The molecule has 3 heterocycles. The number of aromatic nitrogens is 4. The van der Waals surface area contributed by atoms with Crippen molar-refractivity contribution < 1.29 is 13.2 Å². The molecular formula is C19H20F3N5. The van der Waals surface area contributed by atoms with E-state index < -0.39 is 11.9 Å². The lowest BCUT2D eigenvalue weighted by molar-refractivity contribution is -0.141. The van der Waals surface area contributed by atoms with Crippen molar-refractivity contribution in [2.75, 3.05) is 11.4 Å². The van der Waals surface area contributed by atoms with Gasteiger partial charge >= 0.3 is 6.18 Å². The van der Waals surface area contributed by atoms with E-state index in [2.05, 4.69) is 27.2 Å². The van der Waals surface area contributed by atoms with Crippen LogP contribution in [0.5, 0.6) is 0 Å². The van der Waals surface area contributed by atoms with Crippen LogP contribution in [0.25, 0.3) is 5.78 Å². The SMILES string of the molecule is FC(F)(F)c1cc(N2CCCCC2CCc2ccccc2)n2ncnc2n1. The lowest BCUT2D eigenvalue weighted by Crippen LogP contribution is -2.41. The smallest absolute Gasteiger partial charge is 0.353 e. The van der Waals surface area contributed by atoms with Crippen molar-refractivity contribution in [2.45, 2.75) is 44.3 Å². The number of aryl methyl sites for hydroxylation is 1. The Morgan fingerprint density at radius 2 is 1.93 bits per heavy atom. The molecule has 1 atom stereocenters. The predicted octanol–water partition coefficient (Wildman–Crippen LogP) is 4.13. The summed E-state index contributed by atoms with van der Waals surface area (Å²) in [4.78, 5) is 9.55. The molecule has 27 heavy (non-hydrogen) atoms. The number of hydrogen-bond acceptors (Lipinski definition) is 4. The zero-order valence-corrected chi connectivity index (χ0v) is 14.7. The van der Waals surface area contributed by atoms with Gasteiger partial charge in [-0.25, -0.2) is 4.98 Å². The van der Waals surface area contributed by atoms with Crippen molar-refractivity contribution in [1.82, 2.24) is 19.6 Å². The van der Waals surface area contributed by atoms with Crippen LogP contribution in [0.2, 0.25) is 0 Å². The number of fused-ring (bicyclic) bond motifs is 1. The summed E-state index contributed by atoms with van der Waals surface area (Å²) in [5.74, 6) is 0.398. The maximum atomic E-state index is 13.3. The molecule has 1 aliphatic heterocycles. The van der Waals surface area contributed by atoms with Crippen molar-refractivity contribution in [3.05, 3.63) is 54.0 Å². The summed E-state index contributed by atoms with van der Waals surface area (Å²) in [5.41, 5.74) is 0.310. The number of nitrogens with zero attached hydrogens (tertiary/aromatic N) is 5. The van der Waals surface area contributed by atoms with Gasteiger partial charge in [0.25, 0.3) is 5.78 Å². The Bertz CT molecular complexity index is 907. The average molecular weight is 375 g/mol. The molecule has 1 saturated heterocycles. The van der Waals surface area contributed by atoms with Gasteiger partial charge in [-0.05, 0) is 37.7 Å². The topological polar surface area (TPSA) is 46.3 Å². The molecule has 0 bridgehead atoms. The lowest BCUT2D eigenvalue weighted by atomic mass is 9.96. The van der Waals surface area contributed by atoms with Gasteiger partial charge in [-0.3, -0.25) is 0 Å². The number of anilines is 1. The van der Waals surface area contributed by atoms with Crippen LogP contribution in [0.15, 0.2) is 42.7 Å². The molecule has 1 aliphatic rings. The van der Waals surface area contributed by atoms with Crippen molar-refractivity contribution in [3.63, 3.8) is 0 Å². The molecule has 5 nitrogen and oxygen atoms in total. The van der Waals surface area contributed by atoms with Crippen LogP contribution in [0, 0.1) is 0 Å². The Hall–Kier alpha value is -2.64. The first-order valence-electron chi connectivity index (χ1n) is 9.11. The fourth-order valence-corrected chi connectivity index (χ4v) is 3.73. The highest BCUT2D eigenvalue weighted by atomic mass is 19.4. The molecule has 3 aromatic rings. The molecule has 2 aromatic heterocycles. The Morgan fingerprint density at radius 3 is 2.70 bits per heavy atom. The number of hydrogen-bond donors (Lipinski definition) is 0. The molecular weight excluding hydrogens is 355 g/mol. The van der Waals surface area contributed by atoms with Crippen molar-refractivity contribution in [1.29, 1.82) is 0 Å². The summed E-state index contributed by atoms with van der Waals surface area (Å²) in [5, 5.41) is 4.10. The Morgan fingerprint density at radius 1 is 1.11 bits per heavy atom. The average Bonchev–Trinajstić information content (AvgIpc) is 3.15. The van der Waals surface area contributed by atoms with Crippen LogP contribution in [0.1, 0.15) is 36.9 Å². The number of rotatable bonds is 4. The maximum Gasteiger partial charge on any atom is 0.433 e. The van der Waals surface area contributed by atoms with Gasteiger partial charge in [-0.1, -0.05) is 30.3 Å². The number of benzene rings is 1. The van der Waals surface area contributed by atoms with Gasteiger partial charge in [0, 0.05) is 18.7 Å². The van der Waals surface area contributed by atoms with E-state index in [1.54, 1.807) is 0 Å². The summed E-state index contributed by atoms with van der Waals surface area (Å²) in [6.45, 7) is 0.704. The molecule has 0 spiro atoms. The van der Waals surface area contributed by atoms with E-state index in [9.17, 15) is 13.2 Å². The third-order valence-corrected chi connectivity index (χ3v) is 5.05. The normalized spacial score (nSPS) is 18.2. The van der Waals surface area contributed by atoms with Crippen LogP contribution in [0.4, 0.5) is 19.0 Å². The standard InChI is InChI=1S/C19H20F3N5/c20-19(21,22)16-12-17(27-18(25-16)23-13-24-27)26-11-5-4-8-15(26)10-9-14-6-2-1-3-7-14/h1-3,6-7,12-13,15H,4-5,8-11H2. The van der Waals surface area contributed by atoms with Crippen molar-refractivity contribution >= 4 is 11.6 Å². The fourth-order valence-electron chi connectivity index (χ4n) is 3.73. The second-order valence-corrected chi connectivity index (χ2v) is 6.84. The van der Waals surface area contributed by atoms with Gasteiger partial charge in [-0.2, -0.15) is 27.8 Å². The monoisotopic (exact) mass is 375 g/mol. The van der Waals surface area contributed by atoms with Crippen molar-refractivity contribution in [2.24, 2.45) is 0 Å². The second kappa shape index (κ2) is 7.17. The van der Waals surface area contributed by atoms with Crippen LogP contribution in [-0.2, 0) is 12.6 Å². The van der Waals surface area contributed by atoms with E-state index in [-0.39, 0.29) is 11.8 Å². The molecule has 0 radical (unpaired) electrons. The third-order valence-electron chi connectivity index (χ3n) is 5.05. The Balaban J connectivity index is 1.66. The van der Waals surface area contributed by atoms with Gasteiger partial charge in [-0.15, -0.1) is 0 Å². The fraction of sp³-hybridized carbons (Fsp3) is 0.421. The zero-order valence-electron chi connectivity index (χ0n) is 14.7.